The van der Waals surface area contributed by atoms with Crippen LogP contribution >= 0.6 is 15.9 Å². The lowest BCUT2D eigenvalue weighted by Crippen LogP contribution is -2.30. The van der Waals surface area contributed by atoms with Crippen molar-refractivity contribution in [2.75, 3.05) is 5.33 Å². The number of halogens is 1. The summed E-state index contributed by atoms with van der Waals surface area (Å²) in [5, 5.41) is 8.00. The average Bonchev–Trinajstić information content (AvgIpc) is 2.86. The summed E-state index contributed by atoms with van der Waals surface area (Å²) in [7, 11) is 1.79. The number of hydrogen-bond acceptors (Lipinski definition) is 2. The monoisotopic (exact) mass is 335 g/mol. The molecule has 0 aliphatic carbocycles. The Balaban J connectivity index is 2.15. The Kier molecular flexibility index (Phi) is 4.95. The molecule has 0 radical (unpaired) electrons. The molecule has 0 aliphatic rings. The summed E-state index contributed by atoms with van der Waals surface area (Å²) in [4.78, 5) is 12.3. The second kappa shape index (κ2) is 6.70. The smallest absolute Gasteiger partial charge is 0.270 e. The second-order valence-corrected chi connectivity index (χ2v) is 5.24. The Morgan fingerprint density at radius 3 is 2.65 bits per heavy atom. The molecule has 1 N–H and O–H groups in total. The maximum Gasteiger partial charge on any atom is 0.270 e. The van der Waals surface area contributed by atoms with Gasteiger partial charge in [-0.15, -0.1) is 0 Å². The van der Waals surface area contributed by atoms with E-state index in [1.807, 2.05) is 43.3 Å². The lowest BCUT2D eigenvalue weighted by molar-refractivity contribution is 0.0931. The molecule has 5 heteroatoms. The molecule has 1 aromatic heterocycles. The molecule has 0 bridgehead atoms. The number of benzene rings is 1. The van der Waals surface area contributed by atoms with E-state index in [0.717, 1.165) is 17.7 Å². The minimum Gasteiger partial charge on any atom is -0.343 e. The van der Waals surface area contributed by atoms with E-state index in [-0.39, 0.29) is 11.9 Å². The van der Waals surface area contributed by atoms with Crippen molar-refractivity contribution in [2.24, 2.45) is 7.05 Å². The van der Waals surface area contributed by atoms with Gasteiger partial charge in [-0.2, -0.15) is 5.10 Å². The molecule has 0 saturated carbocycles. The zero-order valence-corrected chi connectivity index (χ0v) is 13.2. The number of aromatic nitrogens is 2. The Morgan fingerprint density at radius 1 is 1.40 bits per heavy atom. The van der Waals surface area contributed by atoms with Gasteiger partial charge >= 0.3 is 0 Å². The van der Waals surface area contributed by atoms with Gasteiger partial charge in [0.2, 0.25) is 0 Å². The number of carbonyl (C=O) groups excluding carboxylic acids is 1. The summed E-state index contributed by atoms with van der Waals surface area (Å²) in [5.74, 6) is -0.104. The number of nitrogens with zero attached hydrogens (tertiary/aromatic N) is 2. The highest BCUT2D eigenvalue weighted by Crippen LogP contribution is 2.16. The van der Waals surface area contributed by atoms with E-state index in [0.29, 0.717) is 11.0 Å². The van der Waals surface area contributed by atoms with Gasteiger partial charge in [0.05, 0.1) is 11.7 Å². The van der Waals surface area contributed by atoms with Crippen molar-refractivity contribution in [3.05, 3.63) is 53.3 Å². The number of rotatable bonds is 5. The maximum atomic E-state index is 12.3. The first-order chi connectivity index (χ1) is 9.65. The van der Waals surface area contributed by atoms with Gasteiger partial charge in [0.1, 0.15) is 5.69 Å². The number of carbonyl (C=O) groups is 1. The quantitative estimate of drug-likeness (QED) is 0.854. The van der Waals surface area contributed by atoms with E-state index in [1.54, 1.807) is 11.7 Å². The minimum atomic E-state index is -0.104. The van der Waals surface area contributed by atoms with Crippen LogP contribution in [-0.4, -0.2) is 21.0 Å². The molecule has 0 aliphatic heterocycles. The molecule has 0 fully saturated rings. The first kappa shape index (κ1) is 14.8. The van der Waals surface area contributed by atoms with Gasteiger partial charge < -0.3 is 5.32 Å². The Labute approximate surface area is 127 Å². The molecule has 0 spiro atoms. The second-order valence-electron chi connectivity index (χ2n) is 4.59. The van der Waals surface area contributed by atoms with Gasteiger partial charge in [-0.1, -0.05) is 53.2 Å². The number of aryl methyl sites for hydroxylation is 2. The number of amides is 1. The van der Waals surface area contributed by atoms with Crippen LogP contribution in [-0.2, 0) is 13.5 Å². The third kappa shape index (κ3) is 3.28. The van der Waals surface area contributed by atoms with Crippen LogP contribution in [0.15, 0.2) is 36.4 Å². The molecule has 1 unspecified atom stereocenters. The maximum absolute atomic E-state index is 12.3. The molecule has 20 heavy (non-hydrogen) atoms. The van der Waals surface area contributed by atoms with Gasteiger partial charge in [0.15, 0.2) is 0 Å². The van der Waals surface area contributed by atoms with Crippen LogP contribution in [0.4, 0.5) is 0 Å². The lowest BCUT2D eigenvalue weighted by Gasteiger charge is -2.16. The molecule has 1 aromatic carbocycles. The highest BCUT2D eigenvalue weighted by Gasteiger charge is 2.17. The Morgan fingerprint density at radius 2 is 2.10 bits per heavy atom. The topological polar surface area (TPSA) is 46.9 Å². The molecule has 0 saturated heterocycles. The SMILES string of the molecule is CCc1cc(C(=O)NC(CBr)c2ccccc2)n(C)n1. The Hall–Kier alpha value is -1.62. The van der Waals surface area contributed by atoms with Crippen LogP contribution in [0.5, 0.6) is 0 Å². The normalized spacial score (nSPS) is 12.2. The van der Waals surface area contributed by atoms with Crippen molar-refractivity contribution in [2.45, 2.75) is 19.4 Å². The van der Waals surface area contributed by atoms with Crippen LogP contribution in [0.3, 0.4) is 0 Å². The van der Waals surface area contributed by atoms with E-state index in [9.17, 15) is 4.79 Å². The van der Waals surface area contributed by atoms with Crippen molar-refractivity contribution in [1.29, 1.82) is 0 Å². The fourth-order valence-electron chi connectivity index (χ4n) is 2.04. The van der Waals surface area contributed by atoms with Crippen LogP contribution in [0, 0.1) is 0 Å². The standard InChI is InChI=1S/C15H18BrN3O/c1-3-12-9-14(19(2)18-12)15(20)17-13(10-16)11-7-5-4-6-8-11/h4-9,13H,3,10H2,1-2H3,(H,17,20). The predicted octanol–water partition coefficient (Wildman–Crippen LogP) is 2.85. The minimum absolute atomic E-state index is 0.0522. The van der Waals surface area contributed by atoms with Crippen molar-refractivity contribution in [3.8, 4) is 0 Å². The van der Waals surface area contributed by atoms with Crippen LogP contribution in [0.2, 0.25) is 0 Å². The summed E-state index contributed by atoms with van der Waals surface area (Å²) in [5.41, 5.74) is 2.59. The highest BCUT2D eigenvalue weighted by molar-refractivity contribution is 9.09. The first-order valence-electron chi connectivity index (χ1n) is 6.60. The molecule has 1 amide bonds. The van der Waals surface area contributed by atoms with Crippen LogP contribution < -0.4 is 5.32 Å². The molecule has 106 valence electrons. The van der Waals surface area contributed by atoms with Gasteiger partial charge in [-0.3, -0.25) is 9.48 Å². The van der Waals surface area contributed by atoms with E-state index in [1.165, 1.54) is 0 Å². The molecule has 2 aromatic rings. The van der Waals surface area contributed by atoms with Crippen molar-refractivity contribution in [3.63, 3.8) is 0 Å². The van der Waals surface area contributed by atoms with Crippen molar-refractivity contribution < 1.29 is 4.79 Å². The zero-order chi connectivity index (χ0) is 14.5. The lowest BCUT2D eigenvalue weighted by atomic mass is 10.1. The average molecular weight is 336 g/mol. The summed E-state index contributed by atoms with van der Waals surface area (Å²) >= 11 is 3.45. The third-order valence-electron chi connectivity index (χ3n) is 3.19. The van der Waals surface area contributed by atoms with Crippen LogP contribution in [0.25, 0.3) is 0 Å². The molecular weight excluding hydrogens is 318 g/mol. The summed E-state index contributed by atoms with van der Waals surface area (Å²) in [6.45, 7) is 2.02. The molecule has 4 nitrogen and oxygen atoms in total. The predicted molar refractivity (Wildman–Crippen MR) is 83.0 cm³/mol. The van der Waals surface area contributed by atoms with Crippen molar-refractivity contribution >= 4 is 21.8 Å². The summed E-state index contributed by atoms with van der Waals surface area (Å²) in [6.07, 6.45) is 0.821. The van der Waals surface area contributed by atoms with E-state index < -0.39 is 0 Å². The third-order valence-corrected chi connectivity index (χ3v) is 3.83. The summed E-state index contributed by atoms with van der Waals surface area (Å²) in [6, 6.07) is 11.7. The van der Waals surface area contributed by atoms with E-state index >= 15 is 0 Å². The number of hydrogen-bond donors (Lipinski definition) is 1. The van der Waals surface area contributed by atoms with Crippen LogP contribution in [0.1, 0.15) is 34.7 Å². The fraction of sp³-hybridized carbons (Fsp3) is 0.333. The molecule has 2 rings (SSSR count). The number of nitrogens with one attached hydrogen (secondary N) is 1. The van der Waals surface area contributed by atoms with Gasteiger partial charge in [-0.25, -0.2) is 0 Å². The van der Waals surface area contributed by atoms with Gasteiger partial charge in [-0.05, 0) is 18.1 Å². The first-order valence-corrected chi connectivity index (χ1v) is 7.72. The largest absolute Gasteiger partial charge is 0.343 e. The fourth-order valence-corrected chi connectivity index (χ4v) is 2.58. The summed E-state index contributed by atoms with van der Waals surface area (Å²) < 4.78 is 1.63. The highest BCUT2D eigenvalue weighted by atomic mass is 79.9. The molecule has 1 heterocycles. The van der Waals surface area contributed by atoms with Gasteiger partial charge in [0, 0.05) is 12.4 Å². The number of alkyl halides is 1. The Bertz CT molecular complexity index is 580. The van der Waals surface area contributed by atoms with Gasteiger partial charge in [0.25, 0.3) is 5.91 Å². The van der Waals surface area contributed by atoms with E-state index in [2.05, 4.69) is 26.3 Å². The van der Waals surface area contributed by atoms with Crippen molar-refractivity contribution in [1.82, 2.24) is 15.1 Å². The molecular formula is C15H18BrN3O. The zero-order valence-electron chi connectivity index (χ0n) is 11.6. The molecule has 1 atom stereocenters. The van der Waals surface area contributed by atoms with E-state index in [4.69, 9.17) is 0 Å².